The summed E-state index contributed by atoms with van der Waals surface area (Å²) in [6, 6.07) is 26.3. The van der Waals surface area contributed by atoms with Gasteiger partial charge in [-0.25, -0.2) is 0 Å². The number of hydrogen-bond acceptors (Lipinski definition) is 4. The summed E-state index contributed by atoms with van der Waals surface area (Å²) in [5.74, 6) is 0.264. The minimum atomic E-state index is 0.126. The van der Waals surface area contributed by atoms with Crippen LogP contribution in [0.5, 0.6) is 5.75 Å². The number of rotatable bonds is 4. The topological polar surface area (TPSA) is 39.1 Å². The Hall–Kier alpha value is -3.27. The lowest BCUT2D eigenvalue weighted by Gasteiger charge is -2.24. The van der Waals surface area contributed by atoms with E-state index in [0.717, 1.165) is 23.4 Å². The Balaban J connectivity index is 1.72. The largest absolute Gasteiger partial charge is 0.508 e. The highest BCUT2D eigenvalue weighted by Gasteiger charge is 2.30. The summed E-state index contributed by atoms with van der Waals surface area (Å²) in [7, 11) is 4.09. The zero-order valence-electron chi connectivity index (χ0n) is 15.6. The number of nitrogens with zero attached hydrogens (tertiary/aromatic N) is 3. The molecule has 0 aromatic heterocycles. The molecule has 0 saturated carbocycles. The summed E-state index contributed by atoms with van der Waals surface area (Å²) >= 11 is 0. The zero-order chi connectivity index (χ0) is 18.8. The lowest BCUT2D eigenvalue weighted by atomic mass is 9.98. The van der Waals surface area contributed by atoms with Gasteiger partial charge >= 0.3 is 0 Å². The number of benzene rings is 3. The third-order valence-electron chi connectivity index (χ3n) is 4.90. The van der Waals surface area contributed by atoms with E-state index in [0.29, 0.717) is 0 Å². The second-order valence-electron chi connectivity index (χ2n) is 6.98. The quantitative estimate of drug-likeness (QED) is 0.728. The molecule has 0 aliphatic carbocycles. The maximum absolute atomic E-state index is 9.85. The fraction of sp³-hybridized carbons (Fsp3) is 0.174. The Morgan fingerprint density at radius 3 is 2.33 bits per heavy atom. The summed E-state index contributed by atoms with van der Waals surface area (Å²) in [6.45, 7) is 0. The highest BCUT2D eigenvalue weighted by atomic mass is 16.3. The molecule has 0 bridgehead atoms. The van der Waals surface area contributed by atoms with Crippen LogP contribution in [0.2, 0.25) is 0 Å². The number of para-hydroxylation sites is 1. The van der Waals surface area contributed by atoms with Crippen LogP contribution in [0.25, 0.3) is 0 Å². The second-order valence-corrected chi connectivity index (χ2v) is 6.98. The average molecular weight is 357 g/mol. The van der Waals surface area contributed by atoms with Crippen LogP contribution in [0.15, 0.2) is 84.0 Å². The average Bonchev–Trinajstić information content (AvgIpc) is 3.14. The Labute approximate surface area is 160 Å². The zero-order valence-corrected chi connectivity index (χ0v) is 15.6. The fourth-order valence-corrected chi connectivity index (χ4v) is 3.44. The maximum Gasteiger partial charge on any atom is 0.116 e. The van der Waals surface area contributed by atoms with Crippen molar-refractivity contribution >= 4 is 17.1 Å². The van der Waals surface area contributed by atoms with Gasteiger partial charge in [-0.15, -0.1) is 0 Å². The fourth-order valence-electron chi connectivity index (χ4n) is 3.44. The van der Waals surface area contributed by atoms with Gasteiger partial charge in [0.05, 0.1) is 17.4 Å². The molecule has 1 aliphatic rings. The molecule has 136 valence electrons. The molecule has 1 aliphatic heterocycles. The van der Waals surface area contributed by atoms with E-state index in [1.165, 1.54) is 11.3 Å². The van der Waals surface area contributed by atoms with Crippen LogP contribution in [0.4, 0.5) is 11.4 Å². The first kappa shape index (κ1) is 17.2. The van der Waals surface area contributed by atoms with Gasteiger partial charge < -0.3 is 10.0 Å². The summed E-state index contributed by atoms with van der Waals surface area (Å²) in [5, 5.41) is 16.8. The highest BCUT2D eigenvalue weighted by Crippen LogP contribution is 2.37. The van der Waals surface area contributed by atoms with Gasteiger partial charge in [0, 0.05) is 31.8 Å². The van der Waals surface area contributed by atoms with Crippen molar-refractivity contribution in [1.82, 2.24) is 0 Å². The molecule has 0 unspecified atom stereocenters. The lowest BCUT2D eigenvalue weighted by molar-refractivity contribution is 0.475. The first-order valence-corrected chi connectivity index (χ1v) is 9.10. The van der Waals surface area contributed by atoms with E-state index in [2.05, 4.69) is 46.3 Å². The van der Waals surface area contributed by atoms with Crippen LogP contribution in [0, 0.1) is 0 Å². The molecule has 4 rings (SSSR count). The number of hydrogen-bond donors (Lipinski definition) is 1. The minimum absolute atomic E-state index is 0.126. The molecule has 4 nitrogen and oxygen atoms in total. The molecule has 0 fully saturated rings. The maximum atomic E-state index is 9.85. The van der Waals surface area contributed by atoms with Crippen molar-refractivity contribution in [3.8, 4) is 5.75 Å². The molecule has 0 amide bonds. The van der Waals surface area contributed by atoms with Gasteiger partial charge in [0.2, 0.25) is 0 Å². The van der Waals surface area contributed by atoms with Gasteiger partial charge in [-0.05, 0) is 42.0 Å². The third kappa shape index (κ3) is 3.51. The molecular formula is C23H23N3O. The first-order valence-electron chi connectivity index (χ1n) is 9.10. The Kier molecular flexibility index (Phi) is 4.55. The van der Waals surface area contributed by atoms with Crippen molar-refractivity contribution in [2.24, 2.45) is 5.10 Å². The molecule has 4 heteroatoms. The van der Waals surface area contributed by atoms with E-state index in [9.17, 15) is 5.11 Å². The van der Waals surface area contributed by atoms with Crippen molar-refractivity contribution in [3.05, 3.63) is 90.0 Å². The van der Waals surface area contributed by atoms with E-state index >= 15 is 0 Å². The van der Waals surface area contributed by atoms with Crippen LogP contribution in [-0.4, -0.2) is 24.9 Å². The Morgan fingerprint density at radius 2 is 1.67 bits per heavy atom. The van der Waals surface area contributed by atoms with E-state index < -0.39 is 0 Å². The second kappa shape index (κ2) is 7.16. The molecule has 3 aromatic carbocycles. The number of phenols is 1. The van der Waals surface area contributed by atoms with Gasteiger partial charge in [0.1, 0.15) is 5.75 Å². The monoisotopic (exact) mass is 357 g/mol. The molecular weight excluding hydrogens is 334 g/mol. The molecule has 1 N–H and O–H groups in total. The number of aromatic hydroxyl groups is 1. The van der Waals surface area contributed by atoms with E-state index in [1.54, 1.807) is 12.1 Å². The van der Waals surface area contributed by atoms with E-state index in [4.69, 9.17) is 5.10 Å². The molecule has 27 heavy (non-hydrogen) atoms. The minimum Gasteiger partial charge on any atom is -0.508 e. The summed E-state index contributed by atoms with van der Waals surface area (Å²) in [6.07, 6.45) is 0.791. The number of anilines is 2. The Morgan fingerprint density at radius 1 is 0.926 bits per heavy atom. The van der Waals surface area contributed by atoms with Crippen LogP contribution in [-0.2, 0) is 0 Å². The van der Waals surface area contributed by atoms with Gasteiger partial charge in [-0.1, -0.05) is 42.5 Å². The smallest absolute Gasteiger partial charge is 0.116 e. The molecule has 0 spiro atoms. The van der Waals surface area contributed by atoms with Crippen molar-refractivity contribution in [1.29, 1.82) is 0 Å². The molecule has 0 radical (unpaired) electrons. The van der Waals surface area contributed by atoms with E-state index in [1.807, 2.05) is 44.4 Å². The summed E-state index contributed by atoms with van der Waals surface area (Å²) < 4.78 is 0. The molecule has 1 heterocycles. The van der Waals surface area contributed by atoms with Crippen molar-refractivity contribution in [2.75, 3.05) is 24.0 Å². The van der Waals surface area contributed by atoms with Gasteiger partial charge in [-0.3, -0.25) is 5.01 Å². The van der Waals surface area contributed by atoms with Gasteiger partial charge in [0.25, 0.3) is 0 Å². The van der Waals surface area contributed by atoms with Crippen molar-refractivity contribution < 1.29 is 5.11 Å². The van der Waals surface area contributed by atoms with Crippen LogP contribution < -0.4 is 9.91 Å². The van der Waals surface area contributed by atoms with Gasteiger partial charge in [-0.2, -0.15) is 5.10 Å². The van der Waals surface area contributed by atoms with Crippen LogP contribution in [0.1, 0.15) is 23.6 Å². The van der Waals surface area contributed by atoms with Gasteiger partial charge in [0.15, 0.2) is 0 Å². The van der Waals surface area contributed by atoms with Crippen LogP contribution >= 0.6 is 0 Å². The summed E-state index contributed by atoms with van der Waals surface area (Å²) in [5.41, 5.74) is 5.41. The lowest BCUT2D eigenvalue weighted by Crippen LogP contribution is -2.18. The predicted molar refractivity (Wildman–Crippen MR) is 112 cm³/mol. The summed E-state index contributed by atoms with van der Waals surface area (Å²) in [4.78, 5) is 2.10. The molecule has 3 aromatic rings. The predicted octanol–water partition coefficient (Wildman–Crippen LogP) is 4.81. The number of phenolic OH excluding ortho intramolecular Hbond substituents is 1. The van der Waals surface area contributed by atoms with Crippen molar-refractivity contribution in [3.63, 3.8) is 0 Å². The highest BCUT2D eigenvalue weighted by molar-refractivity contribution is 6.03. The van der Waals surface area contributed by atoms with Crippen molar-refractivity contribution in [2.45, 2.75) is 12.5 Å². The number of hydrazone groups is 1. The van der Waals surface area contributed by atoms with E-state index in [-0.39, 0.29) is 11.8 Å². The molecule has 0 saturated heterocycles. The first-order chi connectivity index (χ1) is 13.1. The Bertz CT molecular complexity index is 949. The van der Waals surface area contributed by atoms with Crippen LogP contribution in [0.3, 0.4) is 0 Å². The molecule has 1 atom stereocenters. The standard InChI is InChI=1S/C23H23N3O/c1-25(2)19-13-11-17(12-14-19)23-16-22(18-7-6-10-21(27)15-18)24-26(23)20-8-4-3-5-9-20/h3-15,23,27H,16H2,1-2H3/t23-/m1/s1. The SMILES string of the molecule is CN(C)c1ccc([C@H]2CC(c3cccc(O)c3)=NN2c2ccccc2)cc1. The third-order valence-corrected chi connectivity index (χ3v) is 4.90. The normalized spacial score (nSPS) is 16.3.